The van der Waals surface area contributed by atoms with Crippen molar-refractivity contribution in [1.82, 2.24) is 4.90 Å². The second kappa shape index (κ2) is 8.66. The molecule has 0 aliphatic carbocycles. The maximum Gasteiger partial charge on any atom is 0.260 e. The van der Waals surface area contributed by atoms with Crippen LogP contribution in [0, 0.1) is 6.92 Å². The highest BCUT2D eigenvalue weighted by atomic mass is 16.5. The summed E-state index contributed by atoms with van der Waals surface area (Å²) in [5.74, 6) is -0.744. The van der Waals surface area contributed by atoms with Gasteiger partial charge in [0, 0.05) is 18.3 Å². The summed E-state index contributed by atoms with van der Waals surface area (Å²) in [6.45, 7) is 1.65. The van der Waals surface area contributed by atoms with Gasteiger partial charge < -0.3 is 20.7 Å². The first-order valence-electron chi connectivity index (χ1n) is 7.98. The summed E-state index contributed by atoms with van der Waals surface area (Å²) in [5, 5.41) is 2.73. The fraction of sp³-hybridized carbons (Fsp3) is 0.211. The Labute approximate surface area is 151 Å². The molecule has 7 heteroatoms. The van der Waals surface area contributed by atoms with Gasteiger partial charge in [-0.05, 0) is 43.3 Å². The number of nitrogens with two attached hydrogens (primary N) is 1. The fourth-order valence-electron chi connectivity index (χ4n) is 2.11. The molecule has 0 unspecified atom stereocenters. The molecule has 0 aliphatic heterocycles. The molecule has 0 saturated heterocycles. The van der Waals surface area contributed by atoms with Gasteiger partial charge in [0.05, 0.1) is 6.54 Å². The number of amides is 3. The van der Waals surface area contributed by atoms with Gasteiger partial charge in [0.1, 0.15) is 5.75 Å². The lowest BCUT2D eigenvalue weighted by Gasteiger charge is -2.17. The lowest BCUT2D eigenvalue weighted by molar-refractivity contribution is -0.135. The highest BCUT2D eigenvalue weighted by molar-refractivity contribution is 5.94. The largest absolute Gasteiger partial charge is 0.484 e. The van der Waals surface area contributed by atoms with Gasteiger partial charge in [-0.3, -0.25) is 14.4 Å². The first kappa shape index (κ1) is 19.0. The minimum absolute atomic E-state index is 0.0866. The smallest absolute Gasteiger partial charge is 0.260 e. The van der Waals surface area contributed by atoms with Crippen molar-refractivity contribution in [2.24, 2.45) is 5.73 Å². The van der Waals surface area contributed by atoms with Gasteiger partial charge in [0.15, 0.2) is 6.61 Å². The SMILES string of the molecule is Cc1ccc(NC(=O)CN(C)C(=O)COc2ccc(C(N)=O)cc2)cc1. The Bertz CT molecular complexity index is 785. The van der Waals surface area contributed by atoms with E-state index in [1.807, 2.05) is 19.1 Å². The molecule has 0 aromatic heterocycles. The number of benzene rings is 2. The highest BCUT2D eigenvalue weighted by Gasteiger charge is 2.14. The zero-order valence-electron chi connectivity index (χ0n) is 14.7. The molecule has 7 nitrogen and oxygen atoms in total. The van der Waals surface area contributed by atoms with E-state index in [0.717, 1.165) is 5.56 Å². The second-order valence-electron chi connectivity index (χ2n) is 5.84. The van der Waals surface area contributed by atoms with Crippen molar-refractivity contribution in [2.45, 2.75) is 6.92 Å². The number of nitrogens with one attached hydrogen (secondary N) is 1. The van der Waals surface area contributed by atoms with Crippen molar-refractivity contribution in [2.75, 3.05) is 25.5 Å². The number of hydrogen-bond acceptors (Lipinski definition) is 4. The molecule has 3 amide bonds. The molecule has 2 rings (SSSR count). The van der Waals surface area contributed by atoms with Crippen LogP contribution in [0.2, 0.25) is 0 Å². The Balaban J connectivity index is 1.80. The number of hydrogen-bond donors (Lipinski definition) is 2. The number of nitrogens with zero attached hydrogens (tertiary/aromatic N) is 1. The van der Waals surface area contributed by atoms with Crippen molar-refractivity contribution >= 4 is 23.4 Å². The molecule has 0 saturated carbocycles. The van der Waals surface area contributed by atoms with Gasteiger partial charge in [0.25, 0.3) is 5.91 Å². The van der Waals surface area contributed by atoms with Crippen LogP contribution in [-0.4, -0.2) is 42.8 Å². The summed E-state index contributed by atoms with van der Waals surface area (Å²) in [6, 6.07) is 13.5. The van der Waals surface area contributed by atoms with E-state index in [2.05, 4.69) is 5.32 Å². The molecule has 0 spiro atoms. The summed E-state index contributed by atoms with van der Waals surface area (Å²) in [4.78, 5) is 36.3. The predicted molar refractivity (Wildman–Crippen MR) is 97.9 cm³/mol. The molecule has 136 valence electrons. The molecule has 0 heterocycles. The molecule has 2 aromatic carbocycles. The van der Waals surface area contributed by atoms with Gasteiger partial charge in [-0.1, -0.05) is 17.7 Å². The van der Waals surface area contributed by atoms with Gasteiger partial charge in [-0.2, -0.15) is 0 Å². The molecular weight excluding hydrogens is 334 g/mol. The molecule has 0 bridgehead atoms. The maximum absolute atomic E-state index is 12.1. The van der Waals surface area contributed by atoms with Gasteiger partial charge in [-0.15, -0.1) is 0 Å². The molecule has 2 aromatic rings. The van der Waals surface area contributed by atoms with Crippen molar-refractivity contribution in [3.05, 3.63) is 59.7 Å². The van der Waals surface area contributed by atoms with Crippen LogP contribution in [0.5, 0.6) is 5.75 Å². The van der Waals surface area contributed by atoms with Crippen LogP contribution in [0.1, 0.15) is 15.9 Å². The van der Waals surface area contributed by atoms with Gasteiger partial charge in [0.2, 0.25) is 11.8 Å². The first-order chi connectivity index (χ1) is 12.3. The minimum Gasteiger partial charge on any atom is -0.484 e. The van der Waals surface area contributed by atoms with E-state index in [-0.39, 0.29) is 25.0 Å². The Hall–Kier alpha value is -3.35. The number of aryl methyl sites for hydroxylation is 1. The van der Waals surface area contributed by atoms with Gasteiger partial charge in [-0.25, -0.2) is 0 Å². The summed E-state index contributed by atoms with van der Waals surface area (Å²) in [7, 11) is 1.52. The number of anilines is 1. The topological polar surface area (TPSA) is 102 Å². The molecular formula is C19H21N3O4. The van der Waals surface area contributed by atoms with E-state index < -0.39 is 5.91 Å². The molecule has 0 fully saturated rings. The minimum atomic E-state index is -0.535. The Morgan fingerprint density at radius 1 is 1.04 bits per heavy atom. The summed E-state index contributed by atoms with van der Waals surface area (Å²) in [6.07, 6.45) is 0. The number of ether oxygens (including phenoxy) is 1. The first-order valence-corrected chi connectivity index (χ1v) is 7.98. The molecule has 0 aliphatic rings. The number of carbonyl (C=O) groups excluding carboxylic acids is 3. The number of primary amides is 1. The third-order valence-corrected chi connectivity index (χ3v) is 3.64. The number of likely N-dealkylation sites (N-methyl/N-ethyl adjacent to an activating group) is 1. The van der Waals surface area contributed by atoms with E-state index in [1.54, 1.807) is 24.3 Å². The third-order valence-electron chi connectivity index (χ3n) is 3.64. The fourth-order valence-corrected chi connectivity index (χ4v) is 2.11. The monoisotopic (exact) mass is 355 g/mol. The van der Waals surface area contributed by atoms with Crippen molar-refractivity contribution in [3.63, 3.8) is 0 Å². The normalized spacial score (nSPS) is 10.1. The predicted octanol–water partition coefficient (Wildman–Crippen LogP) is 1.57. The average Bonchev–Trinajstić information content (AvgIpc) is 2.61. The lowest BCUT2D eigenvalue weighted by atomic mass is 10.2. The summed E-state index contributed by atoms with van der Waals surface area (Å²) >= 11 is 0. The van der Waals surface area contributed by atoms with Gasteiger partial charge >= 0.3 is 0 Å². The summed E-state index contributed by atoms with van der Waals surface area (Å²) in [5.41, 5.74) is 7.28. The van der Waals surface area contributed by atoms with Crippen molar-refractivity contribution < 1.29 is 19.1 Å². The standard InChI is InChI=1S/C19H21N3O4/c1-13-3-7-15(8-4-13)21-17(23)11-22(2)18(24)12-26-16-9-5-14(6-10-16)19(20)25/h3-10H,11-12H2,1-2H3,(H2,20,25)(H,21,23). The third kappa shape index (κ3) is 5.62. The Morgan fingerprint density at radius 2 is 1.65 bits per heavy atom. The average molecular weight is 355 g/mol. The maximum atomic E-state index is 12.1. The van der Waals surface area contributed by atoms with E-state index in [1.165, 1.54) is 24.1 Å². The molecule has 3 N–H and O–H groups in total. The second-order valence-corrected chi connectivity index (χ2v) is 5.84. The van der Waals surface area contributed by atoms with Crippen LogP contribution >= 0.6 is 0 Å². The highest BCUT2D eigenvalue weighted by Crippen LogP contribution is 2.12. The van der Waals surface area contributed by atoms with E-state index >= 15 is 0 Å². The number of rotatable bonds is 7. The summed E-state index contributed by atoms with van der Waals surface area (Å²) < 4.78 is 5.36. The Kier molecular flexibility index (Phi) is 6.32. The zero-order chi connectivity index (χ0) is 19.1. The van der Waals surface area contributed by atoms with E-state index in [9.17, 15) is 14.4 Å². The number of carbonyl (C=O) groups is 3. The Morgan fingerprint density at radius 3 is 2.23 bits per heavy atom. The van der Waals surface area contributed by atoms with Crippen molar-refractivity contribution in [3.8, 4) is 5.75 Å². The quantitative estimate of drug-likeness (QED) is 0.787. The van der Waals surface area contributed by atoms with Crippen LogP contribution < -0.4 is 15.8 Å². The van der Waals surface area contributed by atoms with Crippen LogP contribution in [0.25, 0.3) is 0 Å². The molecule has 26 heavy (non-hydrogen) atoms. The van der Waals surface area contributed by atoms with E-state index in [4.69, 9.17) is 10.5 Å². The lowest BCUT2D eigenvalue weighted by Crippen LogP contribution is -2.37. The van der Waals surface area contributed by atoms with Crippen LogP contribution in [0.4, 0.5) is 5.69 Å². The molecule has 0 atom stereocenters. The van der Waals surface area contributed by atoms with Crippen LogP contribution in [0.15, 0.2) is 48.5 Å². The van der Waals surface area contributed by atoms with E-state index in [0.29, 0.717) is 17.0 Å². The van der Waals surface area contributed by atoms with Crippen molar-refractivity contribution in [1.29, 1.82) is 0 Å². The zero-order valence-corrected chi connectivity index (χ0v) is 14.7. The van der Waals surface area contributed by atoms with Crippen LogP contribution in [0.3, 0.4) is 0 Å². The van der Waals surface area contributed by atoms with Crippen LogP contribution in [-0.2, 0) is 9.59 Å². The molecule has 0 radical (unpaired) electrons.